The van der Waals surface area contributed by atoms with Crippen LogP contribution in [-0.4, -0.2) is 6.29 Å². The Morgan fingerprint density at radius 3 is 2.61 bits per heavy atom. The van der Waals surface area contributed by atoms with Crippen LogP contribution in [0.4, 0.5) is 5.69 Å². The Bertz CT molecular complexity index is 560. The van der Waals surface area contributed by atoms with Crippen molar-refractivity contribution in [3.05, 3.63) is 65.2 Å². The molecule has 0 spiro atoms. The Morgan fingerprint density at radius 1 is 1.06 bits per heavy atom. The van der Waals surface area contributed by atoms with Crippen LogP contribution < -0.4 is 5.32 Å². The molecule has 0 radical (unpaired) electrons. The maximum Gasteiger partial charge on any atom is 0.150 e. The minimum atomic E-state index is 0.348. The maximum absolute atomic E-state index is 10.6. The lowest BCUT2D eigenvalue weighted by atomic mass is 9.93. The Labute approximate surface area is 107 Å². The Balaban J connectivity index is 1.84. The Morgan fingerprint density at radius 2 is 1.83 bits per heavy atom. The van der Waals surface area contributed by atoms with E-state index in [1.165, 1.54) is 16.8 Å². The molecule has 1 atom stereocenters. The largest absolute Gasteiger partial charge is 0.378 e. The number of aldehydes is 1. The SMILES string of the molecule is O=Cc1ccc(C2CCc3ccccc3N2)cc1. The van der Waals surface area contributed by atoms with Crippen LogP contribution in [-0.2, 0) is 6.42 Å². The summed E-state index contributed by atoms with van der Waals surface area (Å²) in [6.45, 7) is 0. The van der Waals surface area contributed by atoms with Gasteiger partial charge in [-0.1, -0.05) is 42.5 Å². The summed E-state index contributed by atoms with van der Waals surface area (Å²) in [7, 11) is 0. The molecule has 1 heterocycles. The summed E-state index contributed by atoms with van der Waals surface area (Å²) in [6, 6.07) is 16.6. The molecule has 1 N–H and O–H groups in total. The minimum absolute atomic E-state index is 0.348. The van der Waals surface area contributed by atoms with Gasteiger partial charge in [0.2, 0.25) is 0 Å². The number of aryl methyl sites for hydroxylation is 1. The van der Waals surface area contributed by atoms with E-state index < -0.39 is 0 Å². The molecule has 2 heteroatoms. The standard InChI is InChI=1S/C16H15NO/c18-11-12-5-7-14(8-6-12)16-10-9-13-3-1-2-4-15(13)17-16/h1-8,11,16-17H,9-10H2. The molecule has 90 valence electrons. The lowest BCUT2D eigenvalue weighted by molar-refractivity contribution is 0.112. The molecule has 2 nitrogen and oxygen atoms in total. The second kappa shape index (κ2) is 4.65. The highest BCUT2D eigenvalue weighted by Crippen LogP contribution is 2.32. The molecular weight excluding hydrogens is 222 g/mol. The fourth-order valence-electron chi connectivity index (χ4n) is 2.50. The second-order valence-electron chi connectivity index (χ2n) is 4.68. The molecule has 0 amide bonds. The first kappa shape index (κ1) is 11.0. The fraction of sp³-hybridized carbons (Fsp3) is 0.188. The molecule has 0 saturated heterocycles. The van der Waals surface area contributed by atoms with Gasteiger partial charge in [-0.25, -0.2) is 0 Å². The Kier molecular flexibility index (Phi) is 2.85. The van der Waals surface area contributed by atoms with E-state index >= 15 is 0 Å². The summed E-state index contributed by atoms with van der Waals surface area (Å²) in [5.74, 6) is 0. The van der Waals surface area contributed by atoms with E-state index in [0.29, 0.717) is 6.04 Å². The zero-order valence-electron chi connectivity index (χ0n) is 10.1. The van der Waals surface area contributed by atoms with Crippen LogP contribution >= 0.6 is 0 Å². The number of fused-ring (bicyclic) bond motifs is 1. The van der Waals surface area contributed by atoms with Crippen molar-refractivity contribution in [2.75, 3.05) is 5.32 Å². The van der Waals surface area contributed by atoms with E-state index in [-0.39, 0.29) is 0 Å². The topological polar surface area (TPSA) is 29.1 Å². The highest BCUT2D eigenvalue weighted by Gasteiger charge is 2.18. The second-order valence-corrected chi connectivity index (χ2v) is 4.68. The van der Waals surface area contributed by atoms with Crippen molar-refractivity contribution in [1.29, 1.82) is 0 Å². The van der Waals surface area contributed by atoms with Gasteiger partial charge in [-0.2, -0.15) is 0 Å². The molecule has 3 rings (SSSR count). The first-order valence-electron chi connectivity index (χ1n) is 6.26. The van der Waals surface area contributed by atoms with Crippen LogP contribution in [0.3, 0.4) is 0 Å². The number of hydrogen-bond acceptors (Lipinski definition) is 2. The third-order valence-electron chi connectivity index (χ3n) is 3.52. The first-order chi connectivity index (χ1) is 8.86. The molecule has 0 aliphatic carbocycles. The highest BCUT2D eigenvalue weighted by atomic mass is 16.1. The van der Waals surface area contributed by atoms with Crippen LogP contribution in [0.5, 0.6) is 0 Å². The van der Waals surface area contributed by atoms with E-state index in [2.05, 4.69) is 29.6 Å². The molecule has 0 saturated carbocycles. The third kappa shape index (κ3) is 2.02. The van der Waals surface area contributed by atoms with Crippen LogP contribution in [0, 0.1) is 0 Å². The van der Waals surface area contributed by atoms with Gasteiger partial charge in [0.25, 0.3) is 0 Å². The number of carbonyl (C=O) groups is 1. The van der Waals surface area contributed by atoms with E-state index in [1.54, 1.807) is 0 Å². The van der Waals surface area contributed by atoms with Gasteiger partial charge in [0.05, 0.1) is 6.04 Å². The smallest absolute Gasteiger partial charge is 0.150 e. The number of hydrogen-bond donors (Lipinski definition) is 1. The van der Waals surface area contributed by atoms with E-state index in [4.69, 9.17) is 0 Å². The summed E-state index contributed by atoms with van der Waals surface area (Å²) < 4.78 is 0. The molecule has 1 unspecified atom stereocenters. The van der Waals surface area contributed by atoms with E-state index in [9.17, 15) is 4.79 Å². The van der Waals surface area contributed by atoms with Crippen LogP contribution in [0.2, 0.25) is 0 Å². The van der Waals surface area contributed by atoms with Gasteiger partial charge in [-0.05, 0) is 30.0 Å². The summed E-state index contributed by atoms with van der Waals surface area (Å²) >= 11 is 0. The number of para-hydroxylation sites is 1. The van der Waals surface area contributed by atoms with E-state index in [1.807, 2.05) is 24.3 Å². The van der Waals surface area contributed by atoms with Crippen molar-refractivity contribution in [1.82, 2.24) is 0 Å². The number of nitrogens with one attached hydrogen (secondary N) is 1. The average molecular weight is 237 g/mol. The predicted octanol–water partition coefficient (Wildman–Crippen LogP) is 3.60. The molecule has 0 aromatic heterocycles. The van der Waals surface area contributed by atoms with Gasteiger partial charge in [0.15, 0.2) is 0 Å². The molecule has 0 bridgehead atoms. The zero-order chi connectivity index (χ0) is 12.4. The van der Waals surface area contributed by atoms with Crippen molar-refractivity contribution in [3.63, 3.8) is 0 Å². The summed E-state index contributed by atoms with van der Waals surface area (Å²) in [5, 5.41) is 3.56. The van der Waals surface area contributed by atoms with Gasteiger partial charge in [-0.15, -0.1) is 0 Å². The van der Waals surface area contributed by atoms with Gasteiger partial charge < -0.3 is 5.32 Å². The summed E-state index contributed by atoms with van der Waals surface area (Å²) in [6.07, 6.45) is 3.08. The quantitative estimate of drug-likeness (QED) is 0.808. The lowest BCUT2D eigenvalue weighted by Gasteiger charge is -2.27. The van der Waals surface area contributed by atoms with Gasteiger partial charge in [0.1, 0.15) is 6.29 Å². The molecule has 1 aliphatic heterocycles. The Hall–Kier alpha value is -2.09. The molecular formula is C16H15NO. The monoisotopic (exact) mass is 237 g/mol. The highest BCUT2D eigenvalue weighted by molar-refractivity contribution is 5.74. The number of rotatable bonds is 2. The lowest BCUT2D eigenvalue weighted by Crippen LogP contribution is -2.17. The molecule has 0 fully saturated rings. The molecule has 1 aliphatic rings. The van der Waals surface area contributed by atoms with Crippen LogP contribution in [0.1, 0.15) is 33.9 Å². The number of anilines is 1. The number of benzene rings is 2. The summed E-state index contributed by atoms with van der Waals surface area (Å²) in [4.78, 5) is 10.6. The van der Waals surface area contributed by atoms with Gasteiger partial charge in [-0.3, -0.25) is 4.79 Å². The third-order valence-corrected chi connectivity index (χ3v) is 3.52. The van der Waals surface area contributed by atoms with Crippen molar-refractivity contribution in [3.8, 4) is 0 Å². The van der Waals surface area contributed by atoms with Crippen molar-refractivity contribution in [2.45, 2.75) is 18.9 Å². The van der Waals surface area contributed by atoms with Gasteiger partial charge in [0, 0.05) is 11.3 Å². The van der Waals surface area contributed by atoms with Crippen LogP contribution in [0.15, 0.2) is 48.5 Å². The van der Waals surface area contributed by atoms with Crippen molar-refractivity contribution in [2.24, 2.45) is 0 Å². The minimum Gasteiger partial charge on any atom is -0.378 e. The predicted molar refractivity (Wildman–Crippen MR) is 73.0 cm³/mol. The fourth-order valence-corrected chi connectivity index (χ4v) is 2.50. The zero-order valence-corrected chi connectivity index (χ0v) is 10.1. The maximum atomic E-state index is 10.6. The number of carbonyl (C=O) groups excluding carboxylic acids is 1. The van der Waals surface area contributed by atoms with Crippen molar-refractivity contribution < 1.29 is 4.79 Å². The first-order valence-corrected chi connectivity index (χ1v) is 6.26. The van der Waals surface area contributed by atoms with E-state index in [0.717, 1.165) is 24.7 Å². The molecule has 2 aromatic carbocycles. The normalized spacial score (nSPS) is 17.7. The molecule has 2 aromatic rings. The average Bonchev–Trinajstić information content (AvgIpc) is 2.47. The van der Waals surface area contributed by atoms with Crippen LogP contribution in [0.25, 0.3) is 0 Å². The van der Waals surface area contributed by atoms with Gasteiger partial charge >= 0.3 is 0 Å². The van der Waals surface area contributed by atoms with Crippen molar-refractivity contribution >= 4 is 12.0 Å². The molecule has 18 heavy (non-hydrogen) atoms. The summed E-state index contributed by atoms with van der Waals surface area (Å²) in [5.41, 5.74) is 4.59.